The highest BCUT2D eigenvalue weighted by molar-refractivity contribution is 5.94. The van der Waals surface area contributed by atoms with Crippen LogP contribution in [0.15, 0.2) is 24.4 Å². The van der Waals surface area contributed by atoms with E-state index in [1.807, 2.05) is 6.07 Å². The predicted octanol–water partition coefficient (Wildman–Crippen LogP) is 2.97. The lowest BCUT2D eigenvalue weighted by Crippen LogP contribution is -2.43. The highest BCUT2D eigenvalue weighted by atomic mass is 16.5. The molecule has 1 spiro atoms. The summed E-state index contributed by atoms with van der Waals surface area (Å²) >= 11 is 0. The van der Waals surface area contributed by atoms with Crippen LogP contribution in [0.1, 0.15) is 58.1 Å². The molecule has 1 atom stereocenters. The maximum Gasteiger partial charge on any atom is 0.338 e. The van der Waals surface area contributed by atoms with Crippen molar-refractivity contribution in [1.82, 2.24) is 9.88 Å². The normalized spacial score (nSPS) is 20.2. The molecule has 3 aliphatic rings. The number of aliphatic hydroxyl groups is 1. The molecule has 1 aromatic heterocycles. The van der Waals surface area contributed by atoms with Gasteiger partial charge in [0.2, 0.25) is 0 Å². The lowest BCUT2D eigenvalue weighted by Gasteiger charge is -2.40. The van der Waals surface area contributed by atoms with Crippen LogP contribution in [0.25, 0.3) is 0 Å². The number of hydrogen-bond donors (Lipinski definition) is 1. The molecule has 2 aromatic rings. The number of rotatable bonds is 5. The van der Waals surface area contributed by atoms with Gasteiger partial charge in [-0.2, -0.15) is 5.26 Å². The van der Waals surface area contributed by atoms with E-state index in [0.717, 1.165) is 56.6 Å². The first-order valence-corrected chi connectivity index (χ1v) is 11.8. The van der Waals surface area contributed by atoms with Crippen LogP contribution >= 0.6 is 0 Å². The third-order valence-corrected chi connectivity index (χ3v) is 7.83. The Hall–Kier alpha value is -3.15. The molecule has 4 heterocycles. The van der Waals surface area contributed by atoms with Gasteiger partial charge in [-0.3, -0.25) is 4.98 Å². The summed E-state index contributed by atoms with van der Waals surface area (Å²) in [6.07, 6.45) is 4.06. The summed E-state index contributed by atoms with van der Waals surface area (Å²) < 4.78 is 10.5. The van der Waals surface area contributed by atoms with E-state index >= 15 is 0 Å². The minimum Gasteiger partial charge on any atom is -0.495 e. The van der Waals surface area contributed by atoms with Gasteiger partial charge >= 0.3 is 5.97 Å². The van der Waals surface area contributed by atoms with Crippen LogP contribution in [-0.4, -0.2) is 60.8 Å². The van der Waals surface area contributed by atoms with Crippen LogP contribution in [0.4, 0.5) is 5.69 Å². The third-order valence-electron chi connectivity index (χ3n) is 7.83. The lowest BCUT2D eigenvalue weighted by molar-refractivity contribution is 0.0535. The van der Waals surface area contributed by atoms with Crippen LogP contribution in [0.2, 0.25) is 0 Å². The first-order chi connectivity index (χ1) is 16.4. The number of carbonyl (C=O) groups is 1. The van der Waals surface area contributed by atoms with Gasteiger partial charge in [0.15, 0.2) is 0 Å². The average molecular weight is 463 g/mol. The summed E-state index contributed by atoms with van der Waals surface area (Å²) in [6, 6.07) is 7.69. The molecule has 0 amide bonds. The summed E-state index contributed by atoms with van der Waals surface area (Å²) in [5, 5.41) is 19.9. The highest BCUT2D eigenvalue weighted by Crippen LogP contribution is 2.43. The summed E-state index contributed by atoms with van der Waals surface area (Å²) in [5.74, 6) is 0.222. The second-order valence-electron chi connectivity index (χ2n) is 9.72. The fourth-order valence-corrected chi connectivity index (χ4v) is 5.66. The molecule has 8 heteroatoms. The number of anilines is 1. The zero-order valence-electron chi connectivity index (χ0n) is 19.7. The van der Waals surface area contributed by atoms with Crippen molar-refractivity contribution in [2.24, 2.45) is 5.41 Å². The number of ether oxygens (including phenoxy) is 2. The Bertz CT molecular complexity index is 1150. The Morgan fingerprint density at radius 2 is 2.06 bits per heavy atom. The highest BCUT2D eigenvalue weighted by Gasteiger charge is 2.41. The molecule has 178 valence electrons. The van der Waals surface area contributed by atoms with E-state index in [1.165, 1.54) is 19.0 Å². The largest absolute Gasteiger partial charge is 0.495 e. The number of aliphatic hydroxyl groups excluding tert-OH is 1. The van der Waals surface area contributed by atoms with Crippen LogP contribution in [0, 0.1) is 23.7 Å². The Kier molecular flexibility index (Phi) is 5.92. The topological polar surface area (TPSA) is 98.9 Å². The molecule has 0 bridgehead atoms. The second-order valence-corrected chi connectivity index (χ2v) is 9.72. The van der Waals surface area contributed by atoms with Crippen molar-refractivity contribution in [1.29, 1.82) is 5.26 Å². The first kappa shape index (κ1) is 22.6. The van der Waals surface area contributed by atoms with E-state index in [0.29, 0.717) is 35.7 Å². The van der Waals surface area contributed by atoms with Crippen molar-refractivity contribution in [2.45, 2.75) is 38.9 Å². The van der Waals surface area contributed by atoms with Gasteiger partial charge in [0.1, 0.15) is 30.1 Å². The number of methoxy groups -OCH3 is 1. The smallest absolute Gasteiger partial charge is 0.338 e. The van der Waals surface area contributed by atoms with Gasteiger partial charge < -0.3 is 24.4 Å². The van der Waals surface area contributed by atoms with Crippen molar-refractivity contribution in [3.05, 3.63) is 52.3 Å². The second kappa shape index (κ2) is 8.90. The Labute approximate surface area is 199 Å². The number of nitriles is 1. The van der Waals surface area contributed by atoms with Gasteiger partial charge in [0.25, 0.3) is 0 Å². The van der Waals surface area contributed by atoms with Crippen LogP contribution in [-0.2, 0) is 11.3 Å². The maximum atomic E-state index is 11.9. The molecule has 2 saturated heterocycles. The first-order valence-electron chi connectivity index (χ1n) is 11.8. The molecule has 5 rings (SSSR count). The van der Waals surface area contributed by atoms with Crippen molar-refractivity contribution in [3.63, 3.8) is 0 Å². The number of cyclic esters (lactones) is 1. The number of β-amino-alcohol motifs (C(OH)–C–C–N with tert-alkyl or cyclic N) is 1. The fraction of sp³-hybridized carbons (Fsp3) is 0.500. The number of aromatic nitrogens is 1. The number of benzene rings is 1. The molecule has 1 N–H and O–H groups in total. The number of hydrogen-bond acceptors (Lipinski definition) is 8. The summed E-state index contributed by atoms with van der Waals surface area (Å²) in [7, 11) is 1.51. The monoisotopic (exact) mass is 462 g/mol. The summed E-state index contributed by atoms with van der Waals surface area (Å²) in [4.78, 5) is 20.9. The zero-order valence-corrected chi connectivity index (χ0v) is 19.7. The number of likely N-dealkylation sites (tertiary alicyclic amines) is 1. The number of fused-ring (bicyclic) bond motifs is 1. The maximum absolute atomic E-state index is 11.9. The van der Waals surface area contributed by atoms with Crippen molar-refractivity contribution in [2.75, 3.05) is 44.7 Å². The van der Waals surface area contributed by atoms with Gasteiger partial charge in [-0.15, -0.1) is 0 Å². The molecular weight excluding hydrogens is 432 g/mol. The quantitative estimate of drug-likeness (QED) is 0.677. The summed E-state index contributed by atoms with van der Waals surface area (Å²) in [6.45, 7) is 6.90. The number of piperidine rings is 1. The van der Waals surface area contributed by atoms with Gasteiger partial charge in [-0.1, -0.05) is 0 Å². The Balaban J connectivity index is 1.20. The fourth-order valence-electron chi connectivity index (χ4n) is 5.66. The Morgan fingerprint density at radius 1 is 1.29 bits per heavy atom. The van der Waals surface area contributed by atoms with E-state index in [9.17, 15) is 9.90 Å². The number of pyridine rings is 1. The molecular formula is C26H30N4O4. The molecule has 0 unspecified atom stereocenters. The van der Waals surface area contributed by atoms with E-state index < -0.39 is 6.10 Å². The van der Waals surface area contributed by atoms with Crippen molar-refractivity contribution in [3.8, 4) is 11.8 Å². The molecule has 0 saturated carbocycles. The summed E-state index contributed by atoms with van der Waals surface area (Å²) in [5.41, 5.74) is 5.28. The SMILES string of the molecule is COc1cc([C@H](O)CN2CCC3(CC2)CCN(c2ccc4c(c2C)COC4=O)C3)ncc1C#N. The van der Waals surface area contributed by atoms with E-state index in [4.69, 9.17) is 14.7 Å². The number of carbonyl (C=O) groups excluding carboxylic acids is 1. The van der Waals surface area contributed by atoms with Gasteiger partial charge in [-0.25, -0.2) is 4.79 Å². The molecule has 3 aliphatic heterocycles. The van der Waals surface area contributed by atoms with Crippen LogP contribution < -0.4 is 9.64 Å². The minimum absolute atomic E-state index is 0.216. The molecule has 0 aliphatic carbocycles. The van der Waals surface area contributed by atoms with Gasteiger partial charge in [0.05, 0.1) is 18.4 Å². The van der Waals surface area contributed by atoms with E-state index in [-0.39, 0.29) is 11.4 Å². The predicted molar refractivity (Wildman–Crippen MR) is 126 cm³/mol. The van der Waals surface area contributed by atoms with E-state index in [2.05, 4.69) is 33.8 Å². The lowest BCUT2D eigenvalue weighted by atomic mass is 9.77. The molecule has 34 heavy (non-hydrogen) atoms. The van der Waals surface area contributed by atoms with Crippen LogP contribution in [0.5, 0.6) is 5.75 Å². The van der Waals surface area contributed by atoms with Crippen molar-refractivity contribution < 1.29 is 19.4 Å². The Morgan fingerprint density at radius 3 is 2.79 bits per heavy atom. The zero-order chi connectivity index (χ0) is 23.9. The van der Waals surface area contributed by atoms with Gasteiger partial charge in [-0.05, 0) is 62.4 Å². The van der Waals surface area contributed by atoms with E-state index in [1.54, 1.807) is 6.07 Å². The van der Waals surface area contributed by atoms with Crippen LogP contribution in [0.3, 0.4) is 0 Å². The molecule has 2 fully saturated rings. The van der Waals surface area contributed by atoms with Crippen molar-refractivity contribution >= 4 is 11.7 Å². The standard InChI is InChI=1S/C26H30N4O4/c1-17-20-15-34-25(32)19(20)3-4-22(17)30-10-7-26(16-30)5-8-29(9-6-26)14-23(31)21-11-24(33-2)18(12-27)13-28-21/h3-4,11,13,23,31H,5-10,14-16H2,1-2H3/t23-/m1/s1. The number of nitrogens with zero attached hydrogens (tertiary/aromatic N) is 4. The number of esters is 1. The molecule has 1 aromatic carbocycles. The average Bonchev–Trinajstić information content (AvgIpc) is 3.44. The minimum atomic E-state index is -0.727. The molecule has 0 radical (unpaired) electrons. The molecule has 8 nitrogen and oxygen atoms in total. The third kappa shape index (κ3) is 3.99. The van der Waals surface area contributed by atoms with Gasteiger partial charge in [0, 0.05) is 43.1 Å².